The van der Waals surface area contributed by atoms with E-state index < -0.39 is 0 Å². The summed E-state index contributed by atoms with van der Waals surface area (Å²) in [5, 5.41) is 2.06. The van der Waals surface area contributed by atoms with Crippen LogP contribution >= 0.6 is 11.3 Å². The van der Waals surface area contributed by atoms with E-state index in [4.69, 9.17) is 10.6 Å². The molecule has 0 spiro atoms. The molecule has 1 aromatic rings. The first-order chi connectivity index (χ1) is 7.72. The zero-order valence-corrected chi connectivity index (χ0v) is 10.3. The van der Waals surface area contributed by atoms with Crippen LogP contribution in [0.1, 0.15) is 24.6 Å². The topological polar surface area (TPSA) is 64.4 Å². The van der Waals surface area contributed by atoms with Crippen LogP contribution in [-0.4, -0.2) is 18.6 Å². The highest BCUT2D eigenvalue weighted by atomic mass is 32.1. The molecule has 90 valence electrons. The van der Waals surface area contributed by atoms with E-state index in [9.17, 15) is 4.79 Å². The molecule has 16 heavy (non-hydrogen) atoms. The van der Waals surface area contributed by atoms with Gasteiger partial charge in [-0.1, -0.05) is 6.07 Å². The number of nitrogens with one attached hydrogen (secondary N) is 1. The van der Waals surface area contributed by atoms with Crippen molar-refractivity contribution < 1.29 is 9.53 Å². The van der Waals surface area contributed by atoms with E-state index in [1.807, 2.05) is 13.0 Å². The Labute approximate surface area is 99.8 Å². The largest absolute Gasteiger partial charge is 0.378 e. The molecule has 0 aliphatic heterocycles. The summed E-state index contributed by atoms with van der Waals surface area (Å²) in [7, 11) is 0. The maximum Gasteiger partial charge on any atom is 0.233 e. The van der Waals surface area contributed by atoms with E-state index in [1.54, 1.807) is 11.3 Å². The SMILES string of the molecule is CC(CCC(=O)NN)OCCc1cccs1. The van der Waals surface area contributed by atoms with Crippen molar-refractivity contribution in [3.63, 3.8) is 0 Å². The lowest BCUT2D eigenvalue weighted by atomic mass is 10.2. The van der Waals surface area contributed by atoms with Gasteiger partial charge in [0, 0.05) is 17.7 Å². The molecule has 5 heteroatoms. The van der Waals surface area contributed by atoms with Gasteiger partial charge in [0.05, 0.1) is 12.7 Å². The molecule has 1 amide bonds. The minimum absolute atomic E-state index is 0.0947. The zero-order valence-electron chi connectivity index (χ0n) is 9.44. The first-order valence-electron chi connectivity index (χ1n) is 5.36. The lowest BCUT2D eigenvalue weighted by Crippen LogP contribution is -2.30. The molecular weight excluding hydrogens is 224 g/mol. The van der Waals surface area contributed by atoms with Gasteiger partial charge in [-0.15, -0.1) is 11.3 Å². The first kappa shape index (κ1) is 13.2. The summed E-state index contributed by atoms with van der Waals surface area (Å²) >= 11 is 1.74. The Balaban J connectivity index is 2.06. The Bertz CT molecular complexity index is 301. The second-order valence-corrected chi connectivity index (χ2v) is 4.65. The Kier molecular flexibility index (Phi) is 6.07. The van der Waals surface area contributed by atoms with Gasteiger partial charge in [-0.05, 0) is 24.8 Å². The van der Waals surface area contributed by atoms with Crippen molar-refractivity contribution >= 4 is 17.2 Å². The molecule has 1 rings (SSSR count). The number of nitrogens with two attached hydrogens (primary N) is 1. The molecule has 0 fully saturated rings. The van der Waals surface area contributed by atoms with Crippen LogP contribution in [0.25, 0.3) is 0 Å². The molecule has 4 nitrogen and oxygen atoms in total. The van der Waals surface area contributed by atoms with E-state index >= 15 is 0 Å². The second-order valence-electron chi connectivity index (χ2n) is 3.62. The smallest absolute Gasteiger partial charge is 0.233 e. The minimum atomic E-state index is -0.145. The summed E-state index contributed by atoms with van der Waals surface area (Å²) < 4.78 is 5.60. The number of amides is 1. The second kappa shape index (κ2) is 7.38. The molecule has 0 aliphatic rings. The lowest BCUT2D eigenvalue weighted by Gasteiger charge is -2.11. The fourth-order valence-corrected chi connectivity index (χ4v) is 2.00. The quantitative estimate of drug-likeness (QED) is 0.432. The normalized spacial score (nSPS) is 12.4. The Morgan fingerprint density at radius 2 is 2.50 bits per heavy atom. The van der Waals surface area contributed by atoms with Crippen LogP contribution in [0.5, 0.6) is 0 Å². The number of hydrazine groups is 1. The molecule has 0 saturated heterocycles. The molecule has 0 aromatic carbocycles. The Morgan fingerprint density at radius 1 is 1.69 bits per heavy atom. The molecule has 1 aromatic heterocycles. The molecule has 1 heterocycles. The fourth-order valence-electron chi connectivity index (χ4n) is 1.31. The van der Waals surface area contributed by atoms with Gasteiger partial charge >= 0.3 is 0 Å². The average Bonchev–Trinajstić information content (AvgIpc) is 2.79. The summed E-state index contributed by atoms with van der Waals surface area (Å²) in [6.45, 7) is 2.67. The average molecular weight is 242 g/mol. The predicted octanol–water partition coefficient (Wildman–Crippen LogP) is 1.47. The number of carbonyl (C=O) groups is 1. The van der Waals surface area contributed by atoms with Crippen molar-refractivity contribution in [3.8, 4) is 0 Å². The van der Waals surface area contributed by atoms with E-state index in [0.717, 1.165) is 6.42 Å². The predicted molar refractivity (Wildman–Crippen MR) is 65.0 cm³/mol. The third-order valence-corrected chi connectivity index (χ3v) is 3.21. The minimum Gasteiger partial charge on any atom is -0.378 e. The summed E-state index contributed by atoms with van der Waals surface area (Å²) in [4.78, 5) is 12.2. The molecule has 0 saturated carbocycles. The highest BCUT2D eigenvalue weighted by molar-refractivity contribution is 7.09. The Morgan fingerprint density at radius 3 is 3.12 bits per heavy atom. The monoisotopic (exact) mass is 242 g/mol. The summed E-state index contributed by atoms with van der Waals surface area (Å²) in [5.74, 6) is 4.84. The van der Waals surface area contributed by atoms with Crippen molar-refractivity contribution in [3.05, 3.63) is 22.4 Å². The van der Waals surface area contributed by atoms with E-state index in [2.05, 4.69) is 16.9 Å². The van der Waals surface area contributed by atoms with Gasteiger partial charge in [0.1, 0.15) is 0 Å². The van der Waals surface area contributed by atoms with Crippen LogP contribution in [0.4, 0.5) is 0 Å². The highest BCUT2D eigenvalue weighted by Crippen LogP contribution is 2.10. The third kappa shape index (κ3) is 5.25. The van der Waals surface area contributed by atoms with Crippen LogP contribution in [-0.2, 0) is 16.0 Å². The number of carbonyl (C=O) groups excluding carboxylic acids is 1. The van der Waals surface area contributed by atoms with Gasteiger partial charge in [0.25, 0.3) is 0 Å². The van der Waals surface area contributed by atoms with Gasteiger partial charge in [0.15, 0.2) is 0 Å². The van der Waals surface area contributed by atoms with Gasteiger partial charge in [-0.25, -0.2) is 5.84 Å². The summed E-state index contributed by atoms with van der Waals surface area (Å²) in [5.41, 5.74) is 2.11. The standard InChI is InChI=1S/C11H18N2O2S/c1-9(4-5-11(14)13-12)15-7-6-10-3-2-8-16-10/h2-3,8-9H,4-7,12H2,1H3,(H,13,14). The van der Waals surface area contributed by atoms with Crippen LogP contribution in [0.3, 0.4) is 0 Å². The summed E-state index contributed by atoms with van der Waals surface area (Å²) in [6.07, 6.45) is 2.15. The zero-order chi connectivity index (χ0) is 11.8. The molecule has 0 radical (unpaired) electrons. The van der Waals surface area contributed by atoms with E-state index in [1.165, 1.54) is 4.88 Å². The first-order valence-corrected chi connectivity index (χ1v) is 6.23. The Hall–Kier alpha value is -0.910. The van der Waals surface area contributed by atoms with Crippen LogP contribution in [0.15, 0.2) is 17.5 Å². The van der Waals surface area contributed by atoms with Gasteiger partial charge < -0.3 is 4.74 Å². The molecule has 3 N–H and O–H groups in total. The molecule has 0 bridgehead atoms. The maximum absolute atomic E-state index is 10.9. The van der Waals surface area contributed by atoms with Crippen molar-refractivity contribution in [2.45, 2.75) is 32.3 Å². The molecule has 1 atom stereocenters. The van der Waals surface area contributed by atoms with Crippen molar-refractivity contribution in [2.75, 3.05) is 6.61 Å². The number of thiophene rings is 1. The van der Waals surface area contributed by atoms with Crippen molar-refractivity contribution in [2.24, 2.45) is 5.84 Å². The third-order valence-electron chi connectivity index (χ3n) is 2.27. The van der Waals surface area contributed by atoms with Crippen LogP contribution in [0.2, 0.25) is 0 Å². The molecule has 1 unspecified atom stereocenters. The van der Waals surface area contributed by atoms with Crippen LogP contribution < -0.4 is 11.3 Å². The van der Waals surface area contributed by atoms with Gasteiger partial charge in [0.2, 0.25) is 5.91 Å². The maximum atomic E-state index is 10.9. The molecular formula is C11H18N2O2S. The lowest BCUT2D eigenvalue weighted by molar-refractivity contribution is -0.121. The number of ether oxygens (including phenoxy) is 1. The van der Waals surface area contributed by atoms with Crippen molar-refractivity contribution in [1.29, 1.82) is 0 Å². The van der Waals surface area contributed by atoms with Crippen molar-refractivity contribution in [1.82, 2.24) is 5.43 Å². The van der Waals surface area contributed by atoms with E-state index in [0.29, 0.717) is 19.4 Å². The van der Waals surface area contributed by atoms with Crippen LogP contribution in [0, 0.1) is 0 Å². The van der Waals surface area contributed by atoms with E-state index in [-0.39, 0.29) is 12.0 Å². The van der Waals surface area contributed by atoms with Gasteiger partial charge in [-0.2, -0.15) is 0 Å². The fraction of sp³-hybridized carbons (Fsp3) is 0.545. The number of hydrogen-bond acceptors (Lipinski definition) is 4. The number of rotatable bonds is 7. The highest BCUT2D eigenvalue weighted by Gasteiger charge is 2.06. The molecule has 0 aliphatic carbocycles. The number of hydrogen-bond donors (Lipinski definition) is 2. The van der Waals surface area contributed by atoms with Gasteiger partial charge in [-0.3, -0.25) is 10.2 Å². The summed E-state index contributed by atoms with van der Waals surface area (Å²) in [6, 6.07) is 4.13.